The zero-order valence-corrected chi connectivity index (χ0v) is 11.0. The molecule has 0 aromatic heterocycles. The SMILES string of the molecule is CC1CCCC(C)N1Cc1ccc([N+](=O)[O-])cc1. The predicted molar refractivity (Wildman–Crippen MR) is 71.4 cm³/mol. The second-order valence-electron chi connectivity index (χ2n) is 5.22. The van der Waals surface area contributed by atoms with Crippen LogP contribution < -0.4 is 0 Å². The highest BCUT2D eigenvalue weighted by atomic mass is 16.6. The Labute approximate surface area is 108 Å². The van der Waals surface area contributed by atoms with Crippen molar-refractivity contribution in [3.8, 4) is 0 Å². The highest BCUT2D eigenvalue weighted by Crippen LogP contribution is 2.25. The molecule has 1 heterocycles. The summed E-state index contributed by atoms with van der Waals surface area (Å²) in [4.78, 5) is 12.7. The van der Waals surface area contributed by atoms with Crippen molar-refractivity contribution < 1.29 is 4.92 Å². The van der Waals surface area contributed by atoms with Crippen molar-refractivity contribution in [2.75, 3.05) is 0 Å². The lowest BCUT2D eigenvalue weighted by molar-refractivity contribution is -0.384. The van der Waals surface area contributed by atoms with E-state index in [4.69, 9.17) is 0 Å². The van der Waals surface area contributed by atoms with Crippen molar-refractivity contribution in [1.82, 2.24) is 4.90 Å². The molecule has 4 heteroatoms. The third-order valence-electron chi connectivity index (χ3n) is 3.89. The second kappa shape index (κ2) is 5.48. The van der Waals surface area contributed by atoms with Gasteiger partial charge in [0.2, 0.25) is 0 Å². The molecule has 1 saturated heterocycles. The summed E-state index contributed by atoms with van der Waals surface area (Å²) in [6.45, 7) is 5.42. The van der Waals surface area contributed by atoms with E-state index in [2.05, 4.69) is 18.7 Å². The lowest BCUT2D eigenvalue weighted by Crippen LogP contribution is -2.42. The molecule has 18 heavy (non-hydrogen) atoms. The third-order valence-corrected chi connectivity index (χ3v) is 3.89. The number of likely N-dealkylation sites (tertiary alicyclic amines) is 1. The Morgan fingerprint density at radius 1 is 1.22 bits per heavy atom. The molecule has 0 saturated carbocycles. The molecular formula is C14H20N2O2. The lowest BCUT2D eigenvalue weighted by Gasteiger charge is -2.39. The van der Waals surface area contributed by atoms with Crippen LogP contribution in [0, 0.1) is 10.1 Å². The van der Waals surface area contributed by atoms with Crippen LogP contribution in [0.1, 0.15) is 38.7 Å². The van der Waals surface area contributed by atoms with Crippen LogP contribution in [0.2, 0.25) is 0 Å². The van der Waals surface area contributed by atoms with Gasteiger partial charge in [-0.1, -0.05) is 18.6 Å². The molecule has 2 atom stereocenters. The maximum absolute atomic E-state index is 10.6. The fraction of sp³-hybridized carbons (Fsp3) is 0.571. The Morgan fingerprint density at radius 2 is 1.78 bits per heavy atom. The first-order chi connectivity index (χ1) is 8.58. The van der Waals surface area contributed by atoms with E-state index in [1.54, 1.807) is 12.1 Å². The molecule has 0 aliphatic carbocycles. The van der Waals surface area contributed by atoms with Gasteiger partial charge in [0, 0.05) is 30.8 Å². The van der Waals surface area contributed by atoms with Crippen LogP contribution >= 0.6 is 0 Å². The lowest BCUT2D eigenvalue weighted by atomic mass is 9.97. The molecule has 1 fully saturated rings. The Balaban J connectivity index is 2.06. The molecule has 4 nitrogen and oxygen atoms in total. The number of rotatable bonds is 3. The first-order valence-electron chi connectivity index (χ1n) is 6.57. The summed E-state index contributed by atoms with van der Waals surface area (Å²) < 4.78 is 0. The number of non-ortho nitro benzene ring substituents is 1. The summed E-state index contributed by atoms with van der Waals surface area (Å²) in [7, 11) is 0. The van der Waals surface area contributed by atoms with Gasteiger partial charge in [-0.2, -0.15) is 0 Å². The van der Waals surface area contributed by atoms with Crippen molar-refractivity contribution in [1.29, 1.82) is 0 Å². The minimum atomic E-state index is -0.351. The Morgan fingerprint density at radius 3 is 2.28 bits per heavy atom. The second-order valence-corrected chi connectivity index (χ2v) is 5.22. The molecule has 2 rings (SSSR count). The van der Waals surface area contributed by atoms with Gasteiger partial charge < -0.3 is 0 Å². The van der Waals surface area contributed by atoms with Crippen molar-refractivity contribution in [2.45, 2.75) is 51.7 Å². The average Bonchev–Trinajstić information content (AvgIpc) is 2.34. The van der Waals surface area contributed by atoms with Gasteiger partial charge in [-0.3, -0.25) is 15.0 Å². The number of piperidine rings is 1. The van der Waals surface area contributed by atoms with Crippen LogP contribution in [0.5, 0.6) is 0 Å². The van der Waals surface area contributed by atoms with E-state index in [1.165, 1.54) is 19.3 Å². The topological polar surface area (TPSA) is 46.4 Å². The number of nitrogens with zero attached hydrogens (tertiary/aromatic N) is 2. The van der Waals surface area contributed by atoms with E-state index in [1.807, 2.05) is 12.1 Å². The Kier molecular flexibility index (Phi) is 3.97. The Bertz CT molecular complexity index is 406. The van der Waals surface area contributed by atoms with E-state index in [9.17, 15) is 10.1 Å². The number of benzene rings is 1. The average molecular weight is 248 g/mol. The van der Waals surface area contributed by atoms with Crippen LogP contribution in [0.4, 0.5) is 5.69 Å². The summed E-state index contributed by atoms with van der Waals surface area (Å²) in [5.41, 5.74) is 1.32. The first kappa shape index (κ1) is 13.0. The van der Waals surface area contributed by atoms with Crippen LogP contribution in [0.15, 0.2) is 24.3 Å². The maximum atomic E-state index is 10.6. The molecule has 0 amide bonds. The predicted octanol–water partition coefficient (Wildman–Crippen LogP) is 3.36. The van der Waals surface area contributed by atoms with Gasteiger partial charge in [0.1, 0.15) is 0 Å². The molecule has 98 valence electrons. The normalized spacial score (nSPS) is 25.0. The van der Waals surface area contributed by atoms with E-state index in [0.717, 1.165) is 12.1 Å². The highest BCUT2D eigenvalue weighted by molar-refractivity contribution is 5.32. The summed E-state index contributed by atoms with van der Waals surface area (Å²) >= 11 is 0. The van der Waals surface area contributed by atoms with Gasteiger partial charge in [-0.15, -0.1) is 0 Å². The van der Waals surface area contributed by atoms with Crippen molar-refractivity contribution in [3.63, 3.8) is 0 Å². The quantitative estimate of drug-likeness (QED) is 0.608. The van der Waals surface area contributed by atoms with Gasteiger partial charge in [0.25, 0.3) is 5.69 Å². The van der Waals surface area contributed by atoms with Crippen LogP contribution in [0.3, 0.4) is 0 Å². The largest absolute Gasteiger partial charge is 0.294 e. The smallest absolute Gasteiger partial charge is 0.269 e. The van der Waals surface area contributed by atoms with Crippen molar-refractivity contribution in [3.05, 3.63) is 39.9 Å². The number of hydrogen-bond donors (Lipinski definition) is 0. The molecule has 0 N–H and O–H groups in total. The maximum Gasteiger partial charge on any atom is 0.269 e. The fourth-order valence-electron chi connectivity index (χ4n) is 2.72. The first-order valence-corrected chi connectivity index (χ1v) is 6.57. The summed E-state index contributed by atoms with van der Waals surface area (Å²) in [6, 6.07) is 8.12. The number of nitro groups is 1. The van der Waals surface area contributed by atoms with E-state index < -0.39 is 0 Å². The molecule has 0 bridgehead atoms. The number of nitro benzene ring substituents is 1. The molecule has 2 unspecified atom stereocenters. The monoisotopic (exact) mass is 248 g/mol. The van der Waals surface area contributed by atoms with Gasteiger partial charge >= 0.3 is 0 Å². The summed E-state index contributed by atoms with van der Waals surface area (Å²) in [5, 5.41) is 10.6. The molecular weight excluding hydrogens is 228 g/mol. The summed E-state index contributed by atoms with van der Waals surface area (Å²) in [5.74, 6) is 0. The molecule has 1 aliphatic heterocycles. The van der Waals surface area contributed by atoms with E-state index in [0.29, 0.717) is 12.1 Å². The highest BCUT2D eigenvalue weighted by Gasteiger charge is 2.24. The fourth-order valence-corrected chi connectivity index (χ4v) is 2.72. The van der Waals surface area contributed by atoms with Crippen LogP contribution in [0.25, 0.3) is 0 Å². The summed E-state index contributed by atoms with van der Waals surface area (Å²) in [6.07, 6.45) is 3.80. The molecule has 0 radical (unpaired) electrons. The molecule has 0 spiro atoms. The minimum Gasteiger partial charge on any atom is -0.294 e. The van der Waals surface area contributed by atoms with Crippen LogP contribution in [-0.2, 0) is 6.54 Å². The van der Waals surface area contributed by atoms with E-state index >= 15 is 0 Å². The van der Waals surface area contributed by atoms with Gasteiger partial charge in [0.05, 0.1) is 4.92 Å². The van der Waals surface area contributed by atoms with Gasteiger partial charge in [0.15, 0.2) is 0 Å². The molecule has 1 aromatic carbocycles. The van der Waals surface area contributed by atoms with Crippen LogP contribution in [-0.4, -0.2) is 21.9 Å². The minimum absolute atomic E-state index is 0.165. The van der Waals surface area contributed by atoms with Gasteiger partial charge in [-0.25, -0.2) is 0 Å². The van der Waals surface area contributed by atoms with Crippen molar-refractivity contribution in [2.24, 2.45) is 0 Å². The molecule has 1 aromatic rings. The number of hydrogen-bond acceptors (Lipinski definition) is 3. The molecule has 1 aliphatic rings. The standard InChI is InChI=1S/C14H20N2O2/c1-11-4-3-5-12(2)15(11)10-13-6-8-14(9-7-13)16(17)18/h6-9,11-12H,3-5,10H2,1-2H3. The third kappa shape index (κ3) is 2.88. The van der Waals surface area contributed by atoms with E-state index in [-0.39, 0.29) is 10.6 Å². The van der Waals surface area contributed by atoms with Gasteiger partial charge in [-0.05, 0) is 32.3 Å². The zero-order valence-electron chi connectivity index (χ0n) is 11.0. The zero-order chi connectivity index (χ0) is 13.1. The Hall–Kier alpha value is -1.42. The van der Waals surface area contributed by atoms with Crippen molar-refractivity contribution >= 4 is 5.69 Å².